The Kier molecular flexibility index (Phi) is 16.0. The van der Waals surface area contributed by atoms with Crippen molar-refractivity contribution in [2.45, 2.75) is 115 Å². The van der Waals surface area contributed by atoms with Crippen molar-refractivity contribution in [1.29, 1.82) is 0 Å². The summed E-state index contributed by atoms with van der Waals surface area (Å²) in [6, 6.07) is 1.82. The molecule has 0 aliphatic heterocycles. The highest BCUT2D eigenvalue weighted by Crippen LogP contribution is 2.29. The third-order valence-corrected chi connectivity index (χ3v) is 21.4. The highest BCUT2D eigenvalue weighted by molar-refractivity contribution is 6.69. The van der Waals surface area contributed by atoms with Gasteiger partial charge in [0, 0.05) is 62.3 Å². The first-order valence-electron chi connectivity index (χ1n) is 15.0. The molecule has 0 amide bonds. The van der Waals surface area contributed by atoms with E-state index in [0.29, 0.717) is 37.4 Å². The Bertz CT molecular complexity index is 954. The van der Waals surface area contributed by atoms with Crippen LogP contribution in [0, 0.1) is 0 Å². The van der Waals surface area contributed by atoms with E-state index in [-0.39, 0.29) is 36.3 Å². The molecule has 0 bridgehead atoms. The molecule has 1 heterocycles. The third kappa shape index (κ3) is 8.72. The Morgan fingerprint density at radius 2 is 0.643 bits per heavy atom. The molecule has 0 aliphatic rings. The molecule has 1 aromatic heterocycles. The lowest BCUT2D eigenvalue weighted by Gasteiger charge is -2.31. The number of hydrogen-bond donors (Lipinski definition) is 0. The predicted octanol–water partition coefficient (Wildman–Crippen LogP) is 3.78. The van der Waals surface area contributed by atoms with E-state index in [4.69, 9.17) is 26.6 Å². The second kappa shape index (κ2) is 17.3. The molecule has 0 saturated heterocycles. The van der Waals surface area contributed by atoms with Gasteiger partial charge >= 0.3 is 42.8 Å². The van der Waals surface area contributed by atoms with Gasteiger partial charge in [-0.25, -0.2) is 28.1 Å². The molecular formula is C27H57N3O9Si3. The molecular weight excluding hydrogens is 595 g/mol. The zero-order chi connectivity index (χ0) is 32.3. The Morgan fingerprint density at radius 3 is 0.786 bits per heavy atom. The Balaban J connectivity index is 3.47. The monoisotopic (exact) mass is 651 g/mol. The summed E-state index contributed by atoms with van der Waals surface area (Å²) in [5.74, 6) is 0. The lowest BCUT2D eigenvalue weighted by atomic mass is 10.4. The Morgan fingerprint density at radius 1 is 0.452 bits per heavy atom. The van der Waals surface area contributed by atoms with E-state index in [1.165, 1.54) is 13.7 Å². The SMILES string of the molecule is CO[Si](CCCn1c(=O)n(CCC[Si](OC)(OC)C(C)C)c(=O)n(CCC[Si](OC)(OC)C(C)C)c1=O)(OC)C(C)C. The minimum atomic E-state index is -2.51. The maximum Gasteiger partial charge on any atom is 0.340 e. The molecule has 0 unspecified atom stereocenters. The van der Waals surface area contributed by atoms with E-state index >= 15 is 0 Å². The second-order valence-corrected chi connectivity index (χ2v) is 24.0. The van der Waals surface area contributed by atoms with Crippen LogP contribution in [-0.4, -0.2) is 82.0 Å². The van der Waals surface area contributed by atoms with Crippen molar-refractivity contribution < 1.29 is 26.6 Å². The third-order valence-electron chi connectivity index (χ3n) is 8.82. The smallest absolute Gasteiger partial charge is 0.340 e. The number of hydrogen-bond acceptors (Lipinski definition) is 9. The van der Waals surface area contributed by atoms with Crippen molar-refractivity contribution in [2.24, 2.45) is 0 Å². The fraction of sp³-hybridized carbons (Fsp3) is 0.889. The van der Waals surface area contributed by atoms with Crippen molar-refractivity contribution in [3.05, 3.63) is 31.5 Å². The summed E-state index contributed by atoms with van der Waals surface area (Å²) in [5, 5.41) is 0. The van der Waals surface area contributed by atoms with Crippen LogP contribution in [0.2, 0.25) is 34.8 Å². The zero-order valence-corrected chi connectivity index (χ0v) is 31.1. The fourth-order valence-electron chi connectivity index (χ4n) is 5.85. The van der Waals surface area contributed by atoms with Crippen molar-refractivity contribution >= 4 is 25.7 Å². The molecule has 0 N–H and O–H groups in total. The normalized spacial score (nSPS) is 13.2. The lowest BCUT2D eigenvalue weighted by molar-refractivity contribution is 0.229. The quantitative estimate of drug-likeness (QED) is 0.183. The molecule has 0 spiro atoms. The minimum Gasteiger partial charge on any atom is -0.397 e. The summed E-state index contributed by atoms with van der Waals surface area (Å²) >= 11 is 0. The van der Waals surface area contributed by atoms with Crippen LogP contribution in [0.25, 0.3) is 0 Å². The van der Waals surface area contributed by atoms with Gasteiger partial charge in [0.05, 0.1) is 0 Å². The predicted molar refractivity (Wildman–Crippen MR) is 172 cm³/mol. The molecule has 0 atom stereocenters. The van der Waals surface area contributed by atoms with Crippen LogP contribution in [0.3, 0.4) is 0 Å². The highest BCUT2D eigenvalue weighted by atomic mass is 28.4. The van der Waals surface area contributed by atoms with E-state index in [9.17, 15) is 14.4 Å². The van der Waals surface area contributed by atoms with Gasteiger partial charge in [0.2, 0.25) is 0 Å². The zero-order valence-electron chi connectivity index (χ0n) is 28.1. The van der Waals surface area contributed by atoms with Crippen molar-refractivity contribution in [2.75, 3.05) is 42.7 Å². The van der Waals surface area contributed by atoms with E-state index < -0.39 is 42.8 Å². The fourth-order valence-corrected chi connectivity index (χ4v) is 14.1. The van der Waals surface area contributed by atoms with Crippen molar-refractivity contribution in [1.82, 2.24) is 13.7 Å². The Labute approximate surface area is 255 Å². The summed E-state index contributed by atoms with van der Waals surface area (Å²) in [6.45, 7) is 12.8. The molecule has 0 fully saturated rings. The highest BCUT2D eigenvalue weighted by Gasteiger charge is 2.41. The van der Waals surface area contributed by atoms with Crippen molar-refractivity contribution in [3.8, 4) is 0 Å². The molecule has 0 radical (unpaired) electrons. The number of nitrogens with zero attached hydrogens (tertiary/aromatic N) is 3. The van der Waals surface area contributed by atoms with Gasteiger partial charge in [-0.15, -0.1) is 0 Å². The standard InChI is InChI=1S/C27H57N3O9Si3/c1-22(2)40(34-7,35-8)19-13-16-28-25(31)29(17-14-20-41(36-9,37-10)23(3)4)27(33)30(26(28)32)18-15-21-42(38-11,39-12)24(5)6/h22-24H,13-21H2,1-12H3. The van der Waals surface area contributed by atoms with Gasteiger partial charge in [0.1, 0.15) is 0 Å². The lowest BCUT2D eigenvalue weighted by Crippen LogP contribution is -2.55. The topological polar surface area (TPSA) is 121 Å². The molecule has 1 aromatic rings. The van der Waals surface area contributed by atoms with E-state index in [2.05, 4.69) is 41.5 Å². The van der Waals surface area contributed by atoms with Crippen LogP contribution in [0.1, 0.15) is 60.8 Å². The van der Waals surface area contributed by atoms with Crippen LogP contribution >= 0.6 is 0 Å². The second-order valence-electron chi connectivity index (χ2n) is 11.7. The summed E-state index contributed by atoms with van der Waals surface area (Å²) in [7, 11) is 2.37. The maximum atomic E-state index is 13.6. The summed E-state index contributed by atoms with van der Waals surface area (Å²) in [4.78, 5) is 40.8. The van der Waals surface area contributed by atoms with E-state index in [0.717, 1.165) is 0 Å². The first kappa shape index (κ1) is 38.8. The minimum absolute atomic E-state index is 0.161. The summed E-state index contributed by atoms with van der Waals surface area (Å²) < 4.78 is 38.5. The van der Waals surface area contributed by atoms with Gasteiger partial charge in [-0.1, -0.05) is 41.5 Å². The molecule has 15 heteroatoms. The van der Waals surface area contributed by atoms with Crippen molar-refractivity contribution in [3.63, 3.8) is 0 Å². The first-order valence-corrected chi connectivity index (χ1v) is 21.3. The van der Waals surface area contributed by atoms with Crippen LogP contribution in [0.5, 0.6) is 0 Å². The average molecular weight is 652 g/mol. The van der Waals surface area contributed by atoms with Gasteiger partial charge in [0.15, 0.2) is 0 Å². The van der Waals surface area contributed by atoms with Crippen LogP contribution in [-0.2, 0) is 46.2 Å². The molecule has 0 aromatic carbocycles. The van der Waals surface area contributed by atoms with Crippen LogP contribution in [0.15, 0.2) is 14.4 Å². The number of rotatable bonds is 21. The molecule has 246 valence electrons. The van der Waals surface area contributed by atoms with Gasteiger partial charge in [-0.3, -0.25) is 0 Å². The Hall–Kier alpha value is -1.18. The van der Waals surface area contributed by atoms with Crippen LogP contribution < -0.4 is 17.1 Å². The van der Waals surface area contributed by atoms with Gasteiger partial charge in [0.25, 0.3) is 0 Å². The molecule has 0 saturated carbocycles. The van der Waals surface area contributed by atoms with Gasteiger partial charge < -0.3 is 26.6 Å². The van der Waals surface area contributed by atoms with Crippen LogP contribution in [0.4, 0.5) is 0 Å². The molecule has 42 heavy (non-hydrogen) atoms. The molecule has 1 rings (SSSR count). The van der Waals surface area contributed by atoms with Gasteiger partial charge in [-0.2, -0.15) is 0 Å². The van der Waals surface area contributed by atoms with E-state index in [1.54, 1.807) is 42.7 Å². The molecule has 0 aliphatic carbocycles. The largest absolute Gasteiger partial charge is 0.397 e. The number of aromatic nitrogens is 3. The maximum absolute atomic E-state index is 13.6. The first-order chi connectivity index (χ1) is 19.7. The molecule has 12 nitrogen and oxygen atoms in total. The van der Waals surface area contributed by atoms with E-state index in [1.807, 2.05) is 0 Å². The van der Waals surface area contributed by atoms with Gasteiger partial charge in [-0.05, 0) is 54.0 Å². The summed E-state index contributed by atoms with van der Waals surface area (Å²) in [6.07, 6.45) is 1.52. The average Bonchev–Trinajstić information content (AvgIpc) is 2.96. The summed E-state index contributed by atoms with van der Waals surface area (Å²) in [5.41, 5.74) is -1.23.